The van der Waals surface area contributed by atoms with Crippen molar-refractivity contribution >= 4 is 18.3 Å². The minimum Gasteiger partial charge on any atom is -0.494 e. The zero-order chi connectivity index (χ0) is 15.1. The number of ether oxygens (including phenoxy) is 2. The Labute approximate surface area is 138 Å². The molecule has 0 radical (unpaired) electrons. The number of benzene rings is 1. The predicted molar refractivity (Wildman–Crippen MR) is 88.2 cm³/mol. The van der Waals surface area contributed by atoms with Gasteiger partial charge in [0.2, 0.25) is 5.91 Å². The average Bonchev–Trinajstić information content (AvgIpc) is 2.54. The number of rotatable bonds is 6. The molecule has 124 valence electrons. The highest BCUT2D eigenvalue weighted by atomic mass is 35.5. The van der Waals surface area contributed by atoms with E-state index in [-0.39, 0.29) is 18.3 Å². The van der Waals surface area contributed by atoms with E-state index < -0.39 is 5.41 Å². The summed E-state index contributed by atoms with van der Waals surface area (Å²) in [4.78, 5) is 12.5. The molecule has 0 spiro atoms. The van der Waals surface area contributed by atoms with E-state index in [1.54, 1.807) is 0 Å². The molecule has 0 atom stereocenters. The molecule has 1 saturated heterocycles. The van der Waals surface area contributed by atoms with Gasteiger partial charge in [-0.3, -0.25) is 4.79 Å². The Morgan fingerprint density at radius 3 is 2.68 bits per heavy atom. The van der Waals surface area contributed by atoms with Crippen LogP contribution in [-0.4, -0.2) is 32.3 Å². The molecule has 1 aromatic rings. The van der Waals surface area contributed by atoms with Crippen LogP contribution in [0.15, 0.2) is 24.3 Å². The number of carbonyl (C=O) groups excluding carboxylic acids is 1. The van der Waals surface area contributed by atoms with Crippen molar-refractivity contribution in [2.75, 3.05) is 26.4 Å². The van der Waals surface area contributed by atoms with E-state index >= 15 is 0 Å². The van der Waals surface area contributed by atoms with Gasteiger partial charge in [-0.2, -0.15) is 0 Å². The van der Waals surface area contributed by atoms with E-state index in [2.05, 4.69) is 5.32 Å². The maximum Gasteiger partial charge on any atom is 0.227 e. The molecule has 0 aromatic heterocycles. The van der Waals surface area contributed by atoms with Crippen molar-refractivity contribution in [2.45, 2.75) is 26.3 Å². The molecular formula is C16H25ClN2O3. The fourth-order valence-corrected chi connectivity index (χ4v) is 2.60. The van der Waals surface area contributed by atoms with Gasteiger partial charge in [-0.15, -0.1) is 12.4 Å². The molecular weight excluding hydrogens is 304 g/mol. The van der Waals surface area contributed by atoms with Crippen LogP contribution in [0.2, 0.25) is 0 Å². The van der Waals surface area contributed by atoms with Gasteiger partial charge in [0.1, 0.15) is 5.75 Å². The lowest BCUT2D eigenvalue weighted by molar-refractivity contribution is -0.136. The number of para-hydroxylation sites is 1. The largest absolute Gasteiger partial charge is 0.494 e. The summed E-state index contributed by atoms with van der Waals surface area (Å²) in [5, 5.41) is 3.00. The summed E-state index contributed by atoms with van der Waals surface area (Å²) in [7, 11) is 0. The van der Waals surface area contributed by atoms with Crippen LogP contribution in [0, 0.1) is 5.41 Å². The quantitative estimate of drug-likeness (QED) is 0.836. The molecule has 2 rings (SSSR count). The number of hydrogen-bond donors (Lipinski definition) is 2. The third kappa shape index (κ3) is 4.35. The Kier molecular flexibility index (Phi) is 7.65. The normalized spacial score (nSPS) is 16.5. The van der Waals surface area contributed by atoms with Crippen LogP contribution in [-0.2, 0) is 16.1 Å². The van der Waals surface area contributed by atoms with Crippen molar-refractivity contribution < 1.29 is 14.3 Å². The molecule has 0 unspecified atom stereocenters. The van der Waals surface area contributed by atoms with Crippen molar-refractivity contribution in [3.8, 4) is 5.75 Å². The van der Waals surface area contributed by atoms with Crippen LogP contribution >= 0.6 is 12.4 Å². The second-order valence-corrected chi connectivity index (χ2v) is 5.32. The van der Waals surface area contributed by atoms with Crippen molar-refractivity contribution in [3.63, 3.8) is 0 Å². The van der Waals surface area contributed by atoms with E-state index in [9.17, 15) is 4.79 Å². The van der Waals surface area contributed by atoms with Gasteiger partial charge in [-0.05, 0) is 25.8 Å². The van der Waals surface area contributed by atoms with Gasteiger partial charge in [-0.1, -0.05) is 18.2 Å². The van der Waals surface area contributed by atoms with E-state index in [1.807, 2.05) is 31.2 Å². The lowest BCUT2D eigenvalue weighted by Crippen LogP contribution is -2.49. The first kappa shape index (κ1) is 18.7. The SMILES string of the molecule is CCOc1ccccc1CNC(=O)C1(CN)CCOCC1.Cl. The van der Waals surface area contributed by atoms with E-state index in [0.29, 0.717) is 45.8 Å². The number of halogens is 1. The molecule has 6 heteroatoms. The molecule has 1 aromatic carbocycles. The van der Waals surface area contributed by atoms with Crippen LogP contribution in [0.4, 0.5) is 0 Å². The third-order valence-corrected chi connectivity index (χ3v) is 4.03. The molecule has 22 heavy (non-hydrogen) atoms. The summed E-state index contributed by atoms with van der Waals surface area (Å²) in [6, 6.07) is 7.75. The van der Waals surface area contributed by atoms with Gasteiger partial charge in [0, 0.05) is 31.9 Å². The van der Waals surface area contributed by atoms with Crippen molar-refractivity contribution in [1.82, 2.24) is 5.32 Å². The fourth-order valence-electron chi connectivity index (χ4n) is 2.60. The van der Waals surface area contributed by atoms with Crippen molar-refractivity contribution in [2.24, 2.45) is 11.1 Å². The van der Waals surface area contributed by atoms with Gasteiger partial charge >= 0.3 is 0 Å². The predicted octanol–water partition coefficient (Wildman–Crippen LogP) is 1.88. The third-order valence-electron chi connectivity index (χ3n) is 4.03. The maximum atomic E-state index is 12.5. The van der Waals surface area contributed by atoms with E-state index in [4.69, 9.17) is 15.2 Å². The van der Waals surface area contributed by atoms with Crippen LogP contribution in [0.3, 0.4) is 0 Å². The first-order valence-electron chi connectivity index (χ1n) is 7.48. The summed E-state index contributed by atoms with van der Waals surface area (Å²) >= 11 is 0. The molecule has 3 N–H and O–H groups in total. The minimum atomic E-state index is -0.487. The number of hydrogen-bond acceptors (Lipinski definition) is 4. The van der Waals surface area contributed by atoms with Crippen LogP contribution < -0.4 is 15.8 Å². The highest BCUT2D eigenvalue weighted by Crippen LogP contribution is 2.29. The Hall–Kier alpha value is -1.30. The standard InChI is InChI=1S/C16H24N2O3.ClH/c1-2-21-14-6-4-3-5-13(14)11-18-15(19)16(12-17)7-9-20-10-8-16;/h3-6H,2,7-12,17H2,1H3,(H,18,19);1H. The van der Waals surface area contributed by atoms with Gasteiger partial charge in [0.25, 0.3) is 0 Å². The molecule has 0 bridgehead atoms. The summed E-state index contributed by atoms with van der Waals surface area (Å²) in [5.74, 6) is 0.827. The molecule has 1 heterocycles. The summed E-state index contributed by atoms with van der Waals surface area (Å²) < 4.78 is 10.9. The molecule has 5 nitrogen and oxygen atoms in total. The van der Waals surface area contributed by atoms with Crippen LogP contribution in [0.1, 0.15) is 25.3 Å². The number of nitrogens with one attached hydrogen (secondary N) is 1. The van der Waals surface area contributed by atoms with E-state index in [1.165, 1.54) is 0 Å². The molecule has 1 aliphatic rings. The molecule has 0 aliphatic carbocycles. The highest BCUT2D eigenvalue weighted by molar-refractivity contribution is 5.85. The lowest BCUT2D eigenvalue weighted by Gasteiger charge is -2.34. The van der Waals surface area contributed by atoms with E-state index in [0.717, 1.165) is 11.3 Å². The Morgan fingerprint density at radius 2 is 2.05 bits per heavy atom. The Morgan fingerprint density at radius 1 is 1.36 bits per heavy atom. The topological polar surface area (TPSA) is 73.6 Å². The summed E-state index contributed by atoms with van der Waals surface area (Å²) in [6.07, 6.45) is 1.37. The smallest absolute Gasteiger partial charge is 0.227 e. The molecule has 0 saturated carbocycles. The van der Waals surface area contributed by atoms with Crippen molar-refractivity contribution in [1.29, 1.82) is 0 Å². The first-order valence-corrected chi connectivity index (χ1v) is 7.48. The number of carbonyl (C=O) groups is 1. The fraction of sp³-hybridized carbons (Fsp3) is 0.562. The molecule has 1 aliphatic heterocycles. The highest BCUT2D eigenvalue weighted by Gasteiger charge is 2.38. The van der Waals surface area contributed by atoms with Crippen LogP contribution in [0.5, 0.6) is 5.75 Å². The molecule has 1 fully saturated rings. The summed E-state index contributed by atoms with van der Waals surface area (Å²) in [5.41, 5.74) is 6.34. The zero-order valence-electron chi connectivity index (χ0n) is 13.0. The maximum absolute atomic E-state index is 12.5. The first-order chi connectivity index (χ1) is 10.2. The second kappa shape index (κ2) is 8.98. The zero-order valence-corrected chi connectivity index (χ0v) is 13.8. The van der Waals surface area contributed by atoms with Gasteiger partial charge < -0.3 is 20.5 Å². The van der Waals surface area contributed by atoms with Crippen LogP contribution in [0.25, 0.3) is 0 Å². The number of nitrogens with two attached hydrogens (primary N) is 1. The van der Waals surface area contributed by atoms with Gasteiger partial charge in [0.05, 0.1) is 12.0 Å². The van der Waals surface area contributed by atoms with Crippen molar-refractivity contribution in [3.05, 3.63) is 29.8 Å². The monoisotopic (exact) mass is 328 g/mol. The average molecular weight is 329 g/mol. The Balaban J connectivity index is 0.00000242. The minimum absolute atomic E-state index is 0. The van der Waals surface area contributed by atoms with Gasteiger partial charge in [-0.25, -0.2) is 0 Å². The number of amides is 1. The lowest BCUT2D eigenvalue weighted by atomic mass is 9.79. The summed E-state index contributed by atoms with van der Waals surface area (Å²) in [6.45, 7) is 4.56. The van der Waals surface area contributed by atoms with Gasteiger partial charge in [0.15, 0.2) is 0 Å². The molecule has 1 amide bonds. The Bertz CT molecular complexity index is 476. The second-order valence-electron chi connectivity index (χ2n) is 5.32.